The van der Waals surface area contributed by atoms with Crippen LogP contribution in [0.4, 0.5) is 11.5 Å². The molecule has 3 N–H and O–H groups in total. The molecule has 12 nitrogen and oxygen atoms in total. The number of carbonyl (C=O) groups is 2. The molecule has 1 aliphatic heterocycles. The molecular weight excluding hydrogens is 418 g/mol. The number of anilines is 2. The Bertz CT molecular complexity index is 1100. The maximum absolute atomic E-state index is 12.7. The first kappa shape index (κ1) is 21.5. The normalized spacial score (nSPS) is 13.8. The van der Waals surface area contributed by atoms with E-state index in [-0.39, 0.29) is 23.0 Å². The first-order valence-corrected chi connectivity index (χ1v) is 9.97. The molecule has 0 radical (unpaired) electrons. The summed E-state index contributed by atoms with van der Waals surface area (Å²) in [5, 5.41) is 6.70. The highest BCUT2D eigenvalue weighted by Gasteiger charge is 2.20. The van der Waals surface area contributed by atoms with Crippen molar-refractivity contribution in [2.75, 3.05) is 50.2 Å². The smallest absolute Gasteiger partial charge is 0.277 e. The van der Waals surface area contributed by atoms with Gasteiger partial charge in [0.15, 0.2) is 11.4 Å². The van der Waals surface area contributed by atoms with Gasteiger partial charge in [-0.1, -0.05) is 0 Å². The van der Waals surface area contributed by atoms with Crippen LogP contribution in [0.5, 0.6) is 0 Å². The Morgan fingerprint density at radius 1 is 1.31 bits per heavy atom. The molecule has 168 valence electrons. The summed E-state index contributed by atoms with van der Waals surface area (Å²) >= 11 is 0. The minimum Gasteiger partial charge on any atom is -0.444 e. The fourth-order valence-electron chi connectivity index (χ4n) is 3.21. The standard InChI is InChI=1S/C20H23N7O5/c1-30-7-6-27-11-14(17(25-27)18(21)28)23-19(29)15-12-32-20(24-15)13-2-3-22-16(10-13)26-4-8-31-9-5-26/h2-3,10-12H,4-9H2,1H3,(H2,21,28)(H,23,29). The molecular formula is C20H23N7O5. The average molecular weight is 441 g/mol. The fourth-order valence-corrected chi connectivity index (χ4v) is 3.21. The van der Waals surface area contributed by atoms with Crippen molar-refractivity contribution in [2.24, 2.45) is 5.73 Å². The zero-order chi connectivity index (χ0) is 22.5. The zero-order valence-electron chi connectivity index (χ0n) is 17.5. The zero-order valence-corrected chi connectivity index (χ0v) is 17.5. The average Bonchev–Trinajstić information content (AvgIpc) is 3.46. The summed E-state index contributed by atoms with van der Waals surface area (Å²) in [6.45, 7) is 3.56. The summed E-state index contributed by atoms with van der Waals surface area (Å²) in [6, 6.07) is 3.60. The Morgan fingerprint density at radius 3 is 2.88 bits per heavy atom. The maximum Gasteiger partial charge on any atom is 0.277 e. The number of pyridine rings is 1. The minimum absolute atomic E-state index is 0.0461. The highest BCUT2D eigenvalue weighted by atomic mass is 16.5. The maximum atomic E-state index is 12.7. The highest BCUT2D eigenvalue weighted by molar-refractivity contribution is 6.07. The number of nitrogens with two attached hydrogens (primary N) is 1. The molecule has 0 spiro atoms. The first-order chi connectivity index (χ1) is 15.5. The lowest BCUT2D eigenvalue weighted by Crippen LogP contribution is -2.36. The number of ether oxygens (including phenoxy) is 2. The molecule has 0 aromatic carbocycles. The van der Waals surface area contributed by atoms with E-state index in [4.69, 9.17) is 19.6 Å². The van der Waals surface area contributed by atoms with Crippen molar-refractivity contribution in [3.63, 3.8) is 0 Å². The molecule has 1 aliphatic rings. The third kappa shape index (κ3) is 4.76. The molecule has 1 saturated heterocycles. The Labute approximate surface area is 183 Å². The Hall–Kier alpha value is -3.77. The third-order valence-electron chi connectivity index (χ3n) is 4.83. The van der Waals surface area contributed by atoms with Crippen molar-refractivity contribution in [3.05, 3.63) is 42.2 Å². The van der Waals surface area contributed by atoms with Crippen LogP contribution < -0.4 is 16.0 Å². The van der Waals surface area contributed by atoms with E-state index < -0.39 is 11.8 Å². The molecule has 4 heterocycles. The summed E-state index contributed by atoms with van der Waals surface area (Å²) in [4.78, 5) is 35.2. The molecule has 12 heteroatoms. The monoisotopic (exact) mass is 441 g/mol. The quantitative estimate of drug-likeness (QED) is 0.516. The van der Waals surface area contributed by atoms with Crippen molar-refractivity contribution in [1.29, 1.82) is 0 Å². The molecule has 4 rings (SSSR count). The van der Waals surface area contributed by atoms with E-state index in [1.807, 2.05) is 6.07 Å². The molecule has 0 bridgehead atoms. The first-order valence-electron chi connectivity index (χ1n) is 9.97. The number of morpholine rings is 1. The van der Waals surface area contributed by atoms with E-state index in [1.165, 1.54) is 17.1 Å². The van der Waals surface area contributed by atoms with Crippen LogP contribution >= 0.6 is 0 Å². The van der Waals surface area contributed by atoms with E-state index in [0.29, 0.717) is 31.9 Å². The van der Waals surface area contributed by atoms with Gasteiger partial charge in [-0.25, -0.2) is 9.97 Å². The molecule has 3 aromatic rings. The Kier molecular flexibility index (Phi) is 6.42. The molecule has 2 amide bonds. The lowest BCUT2D eigenvalue weighted by Gasteiger charge is -2.27. The number of nitrogens with zero attached hydrogens (tertiary/aromatic N) is 5. The van der Waals surface area contributed by atoms with E-state index in [2.05, 4.69) is 25.3 Å². The minimum atomic E-state index is -0.760. The second-order valence-electron chi connectivity index (χ2n) is 7.01. The van der Waals surface area contributed by atoms with Crippen LogP contribution in [0, 0.1) is 0 Å². The summed E-state index contributed by atoms with van der Waals surface area (Å²) in [6.07, 6.45) is 4.42. The van der Waals surface area contributed by atoms with Gasteiger partial charge in [-0.2, -0.15) is 5.10 Å². The third-order valence-corrected chi connectivity index (χ3v) is 4.83. The topological polar surface area (TPSA) is 151 Å². The SMILES string of the molecule is COCCn1cc(NC(=O)c2coc(-c3ccnc(N4CCOCC4)c3)n2)c(C(N)=O)n1. The number of rotatable bonds is 8. The molecule has 0 atom stereocenters. The van der Waals surface area contributed by atoms with Gasteiger partial charge in [0.05, 0.1) is 32.1 Å². The van der Waals surface area contributed by atoms with Crippen LogP contribution in [0.25, 0.3) is 11.5 Å². The molecule has 32 heavy (non-hydrogen) atoms. The molecule has 1 fully saturated rings. The number of methoxy groups -OCH3 is 1. The highest BCUT2D eigenvalue weighted by Crippen LogP contribution is 2.24. The molecule has 0 aliphatic carbocycles. The number of amides is 2. The van der Waals surface area contributed by atoms with E-state index in [0.717, 1.165) is 18.9 Å². The van der Waals surface area contributed by atoms with Gasteiger partial charge in [0.1, 0.15) is 12.1 Å². The fraction of sp³-hybridized carbons (Fsp3) is 0.350. The lowest BCUT2D eigenvalue weighted by molar-refractivity contribution is 0.0995. The number of aromatic nitrogens is 4. The number of oxazole rings is 1. The molecule has 0 saturated carbocycles. The molecule has 3 aromatic heterocycles. The second-order valence-corrected chi connectivity index (χ2v) is 7.01. The predicted molar refractivity (Wildman–Crippen MR) is 113 cm³/mol. The van der Waals surface area contributed by atoms with Gasteiger partial charge >= 0.3 is 0 Å². The van der Waals surface area contributed by atoms with E-state index in [9.17, 15) is 9.59 Å². The summed E-state index contributed by atoms with van der Waals surface area (Å²) in [7, 11) is 1.55. The number of hydrogen-bond donors (Lipinski definition) is 2. The van der Waals surface area contributed by atoms with Crippen molar-refractivity contribution in [3.8, 4) is 11.5 Å². The van der Waals surface area contributed by atoms with Gasteiger partial charge < -0.3 is 29.8 Å². The van der Waals surface area contributed by atoms with Crippen LogP contribution in [-0.4, -0.2) is 71.6 Å². The van der Waals surface area contributed by atoms with Gasteiger partial charge in [-0.3, -0.25) is 14.3 Å². The Balaban J connectivity index is 1.50. The number of primary amides is 1. The number of carbonyl (C=O) groups excluding carboxylic acids is 2. The van der Waals surface area contributed by atoms with Gasteiger partial charge in [0.25, 0.3) is 11.8 Å². The van der Waals surface area contributed by atoms with Crippen molar-refractivity contribution < 1.29 is 23.5 Å². The van der Waals surface area contributed by atoms with Crippen molar-refractivity contribution in [1.82, 2.24) is 19.7 Å². The van der Waals surface area contributed by atoms with Crippen LogP contribution in [-0.2, 0) is 16.0 Å². The van der Waals surface area contributed by atoms with Gasteiger partial charge in [0.2, 0.25) is 5.89 Å². The van der Waals surface area contributed by atoms with Gasteiger partial charge in [0, 0.05) is 38.2 Å². The number of nitrogens with one attached hydrogen (secondary N) is 1. The van der Waals surface area contributed by atoms with E-state index >= 15 is 0 Å². The van der Waals surface area contributed by atoms with Gasteiger partial charge in [-0.15, -0.1) is 0 Å². The largest absolute Gasteiger partial charge is 0.444 e. The van der Waals surface area contributed by atoms with Crippen LogP contribution in [0.1, 0.15) is 21.0 Å². The van der Waals surface area contributed by atoms with Gasteiger partial charge in [-0.05, 0) is 12.1 Å². The summed E-state index contributed by atoms with van der Waals surface area (Å²) < 4.78 is 17.4. The van der Waals surface area contributed by atoms with E-state index in [1.54, 1.807) is 19.4 Å². The van der Waals surface area contributed by atoms with Crippen LogP contribution in [0.3, 0.4) is 0 Å². The predicted octanol–water partition coefficient (Wildman–Crippen LogP) is 0.767. The lowest BCUT2D eigenvalue weighted by atomic mass is 10.2. The van der Waals surface area contributed by atoms with Crippen molar-refractivity contribution >= 4 is 23.3 Å². The summed E-state index contributed by atoms with van der Waals surface area (Å²) in [5.74, 6) is -0.261. The second kappa shape index (κ2) is 9.58. The van der Waals surface area contributed by atoms with Crippen molar-refractivity contribution in [2.45, 2.75) is 6.54 Å². The molecule has 0 unspecified atom stereocenters. The number of hydrogen-bond acceptors (Lipinski definition) is 9. The van der Waals surface area contributed by atoms with Crippen LogP contribution in [0.2, 0.25) is 0 Å². The summed E-state index contributed by atoms with van der Waals surface area (Å²) in [5.41, 5.74) is 6.24. The van der Waals surface area contributed by atoms with Crippen LogP contribution in [0.15, 0.2) is 35.2 Å². The Morgan fingerprint density at radius 2 is 2.12 bits per heavy atom.